The smallest absolute Gasteiger partial charge is 0.333 e. The van der Waals surface area contributed by atoms with Crippen LogP contribution in [0.2, 0.25) is 0 Å². The number of ether oxygens (including phenoxy) is 1. The number of carbonyl (C=O) groups excluding carboxylic acids is 1. The summed E-state index contributed by atoms with van der Waals surface area (Å²) in [6.45, 7) is 12.5. The number of esters is 1. The summed E-state index contributed by atoms with van der Waals surface area (Å²) in [5.41, 5.74) is 0.330. The molecule has 0 aromatic rings. The van der Waals surface area contributed by atoms with Gasteiger partial charge in [-0.15, -0.1) is 0 Å². The number of carbonyl (C=O) groups is 1. The molecule has 0 rings (SSSR count). The molecule has 0 aromatic carbocycles. The average molecular weight is 155 g/mol. The normalized spacial score (nSPS) is 10.9. The lowest BCUT2D eigenvalue weighted by molar-refractivity contribution is -0.137. The molecule has 0 atom stereocenters. The second kappa shape index (κ2) is 3.56. The molecule has 0 saturated carbocycles. The zero-order valence-corrected chi connectivity index (χ0v) is 7.60. The lowest BCUT2D eigenvalue weighted by atomic mass is 9.99. The van der Waals surface area contributed by atoms with Gasteiger partial charge in [0.25, 0.3) is 0 Å². The Labute approximate surface area is 68.2 Å². The quantitative estimate of drug-likeness (QED) is 0.452. The largest absolute Gasteiger partial charge is 0.454 e. The Morgan fingerprint density at radius 3 is 2.18 bits per heavy atom. The van der Waals surface area contributed by atoms with Crippen LogP contribution in [0.4, 0.5) is 0 Å². The maximum absolute atomic E-state index is 10.8. The predicted octanol–water partition coefficient (Wildman–Crippen LogP) is 2.31. The number of hydrogen-bond acceptors (Lipinski definition) is 2. The molecule has 2 heteroatoms. The highest BCUT2D eigenvalue weighted by Gasteiger charge is 2.14. The van der Waals surface area contributed by atoms with Crippen molar-refractivity contribution in [3.63, 3.8) is 0 Å². The highest BCUT2D eigenvalue weighted by atomic mass is 16.5. The molecule has 0 unspecified atom stereocenters. The van der Waals surface area contributed by atoms with Gasteiger partial charge in [0, 0.05) is 11.0 Å². The molecule has 0 saturated heterocycles. The van der Waals surface area contributed by atoms with E-state index in [2.05, 4.69) is 6.58 Å². The summed E-state index contributed by atoms with van der Waals surface area (Å²) in [4.78, 5) is 10.8. The first-order valence-electron chi connectivity index (χ1n) is 3.54. The maximum atomic E-state index is 10.8. The Morgan fingerprint density at radius 1 is 1.45 bits per heavy atom. The van der Waals surface area contributed by atoms with Crippen LogP contribution in [0.5, 0.6) is 0 Å². The fraction of sp³-hybridized carbons (Fsp3) is 0.556. The summed E-state index contributed by atoms with van der Waals surface area (Å²) in [5, 5.41) is 0. The van der Waals surface area contributed by atoms with E-state index in [4.69, 9.17) is 4.74 Å². The van der Waals surface area contributed by atoms with Crippen LogP contribution >= 0.6 is 0 Å². The number of rotatable bonds is 2. The third-order valence-corrected chi connectivity index (χ3v) is 0.868. The van der Waals surface area contributed by atoms with Gasteiger partial charge in [0.2, 0.25) is 0 Å². The summed E-state index contributed by atoms with van der Waals surface area (Å²) in [6, 6.07) is 0. The van der Waals surface area contributed by atoms with Gasteiger partial charge in [0.1, 0.15) is 6.61 Å². The molecular weight excluding hydrogens is 140 g/mol. The molecule has 0 heterocycles. The zero-order valence-electron chi connectivity index (χ0n) is 7.60. The minimum Gasteiger partial charge on any atom is -0.454 e. The molecule has 0 spiro atoms. The van der Waals surface area contributed by atoms with Crippen molar-refractivity contribution in [2.45, 2.75) is 27.7 Å². The van der Waals surface area contributed by atoms with Crippen LogP contribution in [-0.2, 0) is 9.53 Å². The molecule has 0 aliphatic carbocycles. The van der Waals surface area contributed by atoms with Crippen LogP contribution in [0.25, 0.3) is 0 Å². The van der Waals surface area contributed by atoms with E-state index in [9.17, 15) is 4.79 Å². The molecule has 2 nitrogen and oxygen atoms in total. The van der Waals surface area contributed by atoms with Crippen molar-refractivity contribution < 1.29 is 9.53 Å². The molecule has 0 aliphatic rings. The van der Waals surface area contributed by atoms with Crippen molar-refractivity contribution in [2.75, 3.05) is 0 Å². The van der Waals surface area contributed by atoms with E-state index in [1.807, 2.05) is 20.8 Å². The molecule has 1 radical (unpaired) electrons. The molecular formula is C9H15O2. The SMILES string of the molecule is C=C(C)C(=O)O[CH]C(C)(C)C. The highest BCUT2D eigenvalue weighted by molar-refractivity contribution is 5.87. The molecule has 0 N–H and O–H groups in total. The van der Waals surface area contributed by atoms with E-state index in [1.165, 1.54) is 6.61 Å². The summed E-state index contributed by atoms with van der Waals surface area (Å²) in [6.07, 6.45) is 0. The van der Waals surface area contributed by atoms with Crippen LogP contribution in [0.1, 0.15) is 27.7 Å². The molecule has 0 bridgehead atoms. The minimum atomic E-state index is -0.361. The van der Waals surface area contributed by atoms with Crippen LogP contribution in [-0.4, -0.2) is 5.97 Å². The van der Waals surface area contributed by atoms with Crippen LogP contribution in [0, 0.1) is 12.0 Å². The second-order valence-electron chi connectivity index (χ2n) is 3.67. The molecule has 0 aliphatic heterocycles. The van der Waals surface area contributed by atoms with Gasteiger partial charge < -0.3 is 4.74 Å². The van der Waals surface area contributed by atoms with E-state index in [1.54, 1.807) is 6.92 Å². The van der Waals surface area contributed by atoms with Gasteiger partial charge in [-0.25, -0.2) is 4.79 Å². The van der Waals surface area contributed by atoms with E-state index in [0.29, 0.717) is 5.57 Å². The third kappa shape index (κ3) is 5.64. The first-order chi connectivity index (χ1) is 4.83. The highest BCUT2D eigenvalue weighted by Crippen LogP contribution is 2.18. The third-order valence-electron chi connectivity index (χ3n) is 0.868. The number of hydrogen-bond donors (Lipinski definition) is 0. The first-order valence-corrected chi connectivity index (χ1v) is 3.54. The van der Waals surface area contributed by atoms with Crippen LogP contribution in [0.15, 0.2) is 12.2 Å². The van der Waals surface area contributed by atoms with Crippen molar-refractivity contribution in [3.8, 4) is 0 Å². The van der Waals surface area contributed by atoms with Gasteiger partial charge in [-0.1, -0.05) is 27.4 Å². The zero-order chi connectivity index (χ0) is 9.07. The van der Waals surface area contributed by atoms with Gasteiger partial charge in [0.05, 0.1) is 0 Å². The van der Waals surface area contributed by atoms with Crippen molar-refractivity contribution >= 4 is 5.97 Å². The minimum absolute atomic E-state index is 0.0922. The lowest BCUT2D eigenvalue weighted by Gasteiger charge is -2.16. The Bertz CT molecular complexity index is 163. The van der Waals surface area contributed by atoms with Crippen LogP contribution < -0.4 is 0 Å². The van der Waals surface area contributed by atoms with Crippen molar-refractivity contribution in [1.82, 2.24) is 0 Å². The van der Waals surface area contributed by atoms with E-state index >= 15 is 0 Å². The summed E-state index contributed by atoms with van der Waals surface area (Å²) in [5.74, 6) is -0.361. The van der Waals surface area contributed by atoms with Crippen LogP contribution in [0.3, 0.4) is 0 Å². The average Bonchev–Trinajstić information content (AvgIpc) is 1.80. The standard InChI is InChI=1S/C9H15O2/c1-7(2)8(10)11-6-9(3,4)5/h6H,1H2,2-5H3. The van der Waals surface area contributed by atoms with Gasteiger partial charge >= 0.3 is 5.97 Å². The van der Waals surface area contributed by atoms with Gasteiger partial charge in [-0.3, -0.25) is 0 Å². The molecule has 63 valence electrons. The summed E-state index contributed by atoms with van der Waals surface area (Å²) < 4.78 is 4.80. The molecule has 0 aromatic heterocycles. The monoisotopic (exact) mass is 155 g/mol. The van der Waals surface area contributed by atoms with E-state index in [0.717, 1.165) is 0 Å². The molecule has 11 heavy (non-hydrogen) atoms. The van der Waals surface area contributed by atoms with Crippen molar-refractivity contribution in [2.24, 2.45) is 5.41 Å². The Kier molecular flexibility index (Phi) is 3.30. The Morgan fingerprint density at radius 2 is 1.91 bits per heavy atom. The fourth-order valence-electron chi connectivity index (χ4n) is 0.331. The lowest BCUT2D eigenvalue weighted by Crippen LogP contribution is -2.13. The van der Waals surface area contributed by atoms with E-state index in [-0.39, 0.29) is 11.4 Å². The molecule has 0 fully saturated rings. The van der Waals surface area contributed by atoms with Gasteiger partial charge in [-0.05, 0) is 6.92 Å². The summed E-state index contributed by atoms with van der Waals surface area (Å²) in [7, 11) is 0. The fourth-order valence-corrected chi connectivity index (χ4v) is 0.331. The second-order valence-corrected chi connectivity index (χ2v) is 3.67. The Hall–Kier alpha value is -0.790. The Balaban J connectivity index is 3.73. The van der Waals surface area contributed by atoms with Gasteiger partial charge in [-0.2, -0.15) is 0 Å². The van der Waals surface area contributed by atoms with Gasteiger partial charge in [0.15, 0.2) is 0 Å². The maximum Gasteiger partial charge on any atom is 0.333 e. The summed E-state index contributed by atoms with van der Waals surface area (Å²) >= 11 is 0. The predicted molar refractivity (Wildman–Crippen MR) is 44.7 cm³/mol. The van der Waals surface area contributed by atoms with Crippen molar-refractivity contribution in [1.29, 1.82) is 0 Å². The molecule has 0 amide bonds. The van der Waals surface area contributed by atoms with E-state index < -0.39 is 0 Å². The van der Waals surface area contributed by atoms with Crippen molar-refractivity contribution in [3.05, 3.63) is 18.8 Å². The topological polar surface area (TPSA) is 26.3 Å². The first kappa shape index (κ1) is 10.2.